The molecule has 2 aromatic rings. The Kier molecular flexibility index (Phi) is 3.98. The molecule has 8 nitrogen and oxygen atoms in total. The molecule has 0 saturated carbocycles. The molecular formula is C13H10N2O6. The van der Waals surface area contributed by atoms with Gasteiger partial charge in [-0.15, -0.1) is 0 Å². The third-order valence-corrected chi connectivity index (χ3v) is 2.72. The zero-order valence-electron chi connectivity index (χ0n) is 10.6. The van der Waals surface area contributed by atoms with Crippen molar-refractivity contribution in [2.45, 2.75) is 6.42 Å². The van der Waals surface area contributed by atoms with E-state index in [2.05, 4.69) is 4.74 Å². The van der Waals surface area contributed by atoms with Crippen molar-refractivity contribution in [1.82, 2.24) is 0 Å². The molecule has 2 rings (SSSR count). The Bertz CT molecular complexity index is 684. The number of hydrogen-bond acceptors (Lipinski definition) is 5. The predicted molar refractivity (Wildman–Crippen MR) is 70.0 cm³/mol. The number of carbonyl (C=O) groups is 1. The molecule has 0 spiro atoms. The van der Waals surface area contributed by atoms with E-state index in [1.807, 2.05) is 0 Å². The second-order valence-corrected chi connectivity index (χ2v) is 4.16. The summed E-state index contributed by atoms with van der Waals surface area (Å²) in [4.78, 5) is 20.8. The average Bonchev–Trinajstić information content (AvgIpc) is 2.42. The smallest absolute Gasteiger partial charge is 0.511 e. The lowest BCUT2D eigenvalue weighted by Gasteiger charge is -2.08. The number of nitro groups is 1. The summed E-state index contributed by atoms with van der Waals surface area (Å²) in [5.74, 6) is 0.0203. The zero-order valence-corrected chi connectivity index (χ0v) is 10.6. The van der Waals surface area contributed by atoms with Gasteiger partial charge < -0.3 is 15.1 Å². The van der Waals surface area contributed by atoms with E-state index in [1.54, 1.807) is 0 Å². The largest absolute Gasteiger partial charge is 0.619 e. The van der Waals surface area contributed by atoms with E-state index in [0.29, 0.717) is 15.9 Å². The summed E-state index contributed by atoms with van der Waals surface area (Å²) in [5, 5.41) is 30.4. The first-order valence-electron chi connectivity index (χ1n) is 5.81. The lowest BCUT2D eigenvalue weighted by molar-refractivity contribution is -0.605. The first-order chi connectivity index (χ1) is 9.95. The van der Waals surface area contributed by atoms with Gasteiger partial charge in [-0.3, -0.25) is 10.1 Å². The highest BCUT2D eigenvalue weighted by Crippen LogP contribution is 2.26. The van der Waals surface area contributed by atoms with Crippen LogP contribution in [-0.2, 0) is 6.42 Å². The molecule has 0 unspecified atom stereocenters. The van der Waals surface area contributed by atoms with Gasteiger partial charge in [0.15, 0.2) is 12.4 Å². The van der Waals surface area contributed by atoms with Gasteiger partial charge in [0.2, 0.25) is 0 Å². The standard InChI is InChI=1S/C13H10N2O6/c16-13(17)21-12-2-1-11(15(19)20)8-10(12)7-9-3-5-14(18)6-4-9/h1-6,8H,7H2,(H,16,17). The summed E-state index contributed by atoms with van der Waals surface area (Å²) in [6.07, 6.45) is 1.26. The van der Waals surface area contributed by atoms with Crippen molar-refractivity contribution in [3.8, 4) is 5.75 Å². The van der Waals surface area contributed by atoms with Crippen LogP contribution in [0.15, 0.2) is 42.7 Å². The van der Waals surface area contributed by atoms with Gasteiger partial charge in [0.25, 0.3) is 5.69 Å². The van der Waals surface area contributed by atoms with E-state index in [1.165, 1.54) is 42.7 Å². The van der Waals surface area contributed by atoms with E-state index < -0.39 is 11.1 Å². The highest BCUT2D eigenvalue weighted by molar-refractivity contribution is 5.63. The van der Waals surface area contributed by atoms with Crippen LogP contribution >= 0.6 is 0 Å². The number of benzene rings is 1. The maximum atomic E-state index is 11.0. The monoisotopic (exact) mass is 290 g/mol. The molecule has 8 heteroatoms. The molecule has 0 fully saturated rings. The lowest BCUT2D eigenvalue weighted by atomic mass is 10.0. The number of hydrogen-bond donors (Lipinski definition) is 1. The van der Waals surface area contributed by atoms with Crippen LogP contribution < -0.4 is 9.47 Å². The number of ether oxygens (including phenoxy) is 1. The van der Waals surface area contributed by atoms with Crippen molar-refractivity contribution >= 4 is 11.8 Å². The minimum absolute atomic E-state index is 0.0203. The minimum Gasteiger partial charge on any atom is -0.619 e. The molecule has 1 aromatic carbocycles. The number of nitrogens with zero attached hydrogens (tertiary/aromatic N) is 2. The van der Waals surface area contributed by atoms with Crippen molar-refractivity contribution in [3.63, 3.8) is 0 Å². The molecule has 1 aromatic heterocycles. The molecule has 0 aliphatic carbocycles. The molecule has 0 radical (unpaired) electrons. The van der Waals surface area contributed by atoms with Crippen molar-refractivity contribution in [2.75, 3.05) is 0 Å². The van der Waals surface area contributed by atoms with Gasteiger partial charge in [-0.25, -0.2) is 4.79 Å². The second kappa shape index (κ2) is 5.87. The Morgan fingerprint density at radius 3 is 2.52 bits per heavy atom. The van der Waals surface area contributed by atoms with Crippen LogP contribution in [0.25, 0.3) is 0 Å². The summed E-state index contributed by atoms with van der Waals surface area (Å²) < 4.78 is 5.21. The molecule has 0 atom stereocenters. The fraction of sp³-hybridized carbons (Fsp3) is 0.0769. The Balaban J connectivity index is 2.37. The third kappa shape index (κ3) is 3.66. The topological polar surface area (TPSA) is 117 Å². The van der Waals surface area contributed by atoms with Gasteiger partial charge >= 0.3 is 6.16 Å². The van der Waals surface area contributed by atoms with E-state index in [4.69, 9.17) is 5.11 Å². The molecule has 0 aliphatic heterocycles. The molecule has 0 bridgehead atoms. The summed E-state index contributed by atoms with van der Waals surface area (Å²) in [5.41, 5.74) is 0.866. The van der Waals surface area contributed by atoms with Crippen LogP contribution in [0.5, 0.6) is 5.75 Å². The molecule has 0 aliphatic rings. The number of non-ortho nitro benzene ring substituents is 1. The van der Waals surface area contributed by atoms with Crippen molar-refractivity contribution < 1.29 is 24.3 Å². The zero-order chi connectivity index (χ0) is 15.4. The maximum absolute atomic E-state index is 11.0. The van der Waals surface area contributed by atoms with Gasteiger partial charge in [0.1, 0.15) is 5.75 Å². The number of rotatable bonds is 4. The third-order valence-electron chi connectivity index (χ3n) is 2.72. The number of carboxylic acid groups (broad SMARTS) is 1. The Hall–Kier alpha value is -3.16. The molecule has 0 amide bonds. The van der Waals surface area contributed by atoms with Gasteiger partial charge in [-0.05, 0) is 11.6 Å². The van der Waals surface area contributed by atoms with E-state index in [9.17, 15) is 20.1 Å². The van der Waals surface area contributed by atoms with Crippen molar-refractivity contribution in [1.29, 1.82) is 0 Å². The Morgan fingerprint density at radius 2 is 1.95 bits per heavy atom. The fourth-order valence-corrected chi connectivity index (χ4v) is 1.79. The SMILES string of the molecule is O=C(O)Oc1ccc([N+](=O)[O-])cc1Cc1cc[n+]([O-])cc1. The van der Waals surface area contributed by atoms with Crippen LogP contribution in [0.4, 0.5) is 10.5 Å². The van der Waals surface area contributed by atoms with Crippen LogP contribution in [0.2, 0.25) is 0 Å². The Labute approximate surface area is 118 Å². The quantitative estimate of drug-likeness (QED) is 0.229. The first kappa shape index (κ1) is 14.3. The summed E-state index contributed by atoms with van der Waals surface area (Å²) in [6.45, 7) is 0. The van der Waals surface area contributed by atoms with Gasteiger partial charge in [0.05, 0.1) is 4.92 Å². The first-order valence-corrected chi connectivity index (χ1v) is 5.81. The molecule has 1 heterocycles. The highest BCUT2D eigenvalue weighted by Gasteiger charge is 2.14. The molecule has 108 valence electrons. The molecular weight excluding hydrogens is 280 g/mol. The number of aromatic nitrogens is 1. The molecule has 0 saturated heterocycles. The van der Waals surface area contributed by atoms with E-state index in [-0.39, 0.29) is 17.9 Å². The average molecular weight is 290 g/mol. The lowest BCUT2D eigenvalue weighted by Crippen LogP contribution is -2.23. The summed E-state index contributed by atoms with van der Waals surface area (Å²) in [6, 6.07) is 6.72. The van der Waals surface area contributed by atoms with Gasteiger partial charge in [0, 0.05) is 36.2 Å². The predicted octanol–water partition coefficient (Wildman–Crippen LogP) is 1.88. The van der Waals surface area contributed by atoms with Gasteiger partial charge in [-0.2, -0.15) is 4.73 Å². The maximum Gasteiger partial charge on any atom is 0.511 e. The van der Waals surface area contributed by atoms with Gasteiger partial charge in [-0.1, -0.05) is 0 Å². The van der Waals surface area contributed by atoms with E-state index >= 15 is 0 Å². The molecule has 1 N–H and O–H groups in total. The van der Waals surface area contributed by atoms with E-state index in [0.717, 1.165) is 0 Å². The van der Waals surface area contributed by atoms with Crippen molar-refractivity contribution in [2.24, 2.45) is 0 Å². The van der Waals surface area contributed by atoms with Crippen molar-refractivity contribution in [3.05, 3.63) is 69.2 Å². The summed E-state index contributed by atoms with van der Waals surface area (Å²) >= 11 is 0. The van der Waals surface area contributed by atoms with Crippen LogP contribution in [0.1, 0.15) is 11.1 Å². The highest BCUT2D eigenvalue weighted by atomic mass is 16.7. The fourth-order valence-electron chi connectivity index (χ4n) is 1.79. The van der Waals surface area contributed by atoms with Crippen LogP contribution in [-0.4, -0.2) is 16.2 Å². The number of pyridine rings is 1. The number of nitro benzene ring substituents is 1. The molecule has 21 heavy (non-hydrogen) atoms. The minimum atomic E-state index is -1.50. The summed E-state index contributed by atoms with van der Waals surface area (Å²) in [7, 11) is 0. The second-order valence-electron chi connectivity index (χ2n) is 4.16. The Morgan fingerprint density at radius 1 is 1.29 bits per heavy atom. The van der Waals surface area contributed by atoms with Crippen LogP contribution in [0.3, 0.4) is 0 Å². The normalized spacial score (nSPS) is 10.1. The van der Waals surface area contributed by atoms with Crippen LogP contribution in [0, 0.1) is 15.3 Å².